The second-order valence-electron chi connectivity index (χ2n) is 2.57. The molecular weight excluding hydrogens is 248 g/mol. The maximum absolute atomic E-state index is 10.7. The van der Waals surface area contributed by atoms with Crippen LogP contribution in [0.5, 0.6) is 5.75 Å². The molecule has 0 atom stereocenters. The summed E-state index contributed by atoms with van der Waals surface area (Å²) in [5.41, 5.74) is 0.869. The summed E-state index contributed by atoms with van der Waals surface area (Å²) in [4.78, 5) is 21.1. The maximum Gasteiger partial charge on any atom is 0.153 e. The summed E-state index contributed by atoms with van der Waals surface area (Å²) in [7, 11) is 0. The Kier molecular flexibility index (Phi) is 4.32. The van der Waals surface area contributed by atoms with Crippen LogP contribution < -0.4 is 4.74 Å². The SMILES string of the molecule is O=Cc1ccc(OCCBr)c(C=O)c1. The van der Waals surface area contributed by atoms with Crippen molar-refractivity contribution < 1.29 is 14.3 Å². The fourth-order valence-corrected chi connectivity index (χ4v) is 1.17. The molecule has 4 heteroatoms. The number of carbonyl (C=O) groups is 2. The van der Waals surface area contributed by atoms with Crippen molar-refractivity contribution in [3.8, 4) is 5.75 Å². The van der Waals surface area contributed by atoms with Gasteiger partial charge in [0.1, 0.15) is 12.0 Å². The van der Waals surface area contributed by atoms with Gasteiger partial charge in [0.05, 0.1) is 12.2 Å². The van der Waals surface area contributed by atoms with Crippen LogP contribution in [0.15, 0.2) is 18.2 Å². The van der Waals surface area contributed by atoms with Gasteiger partial charge in [-0.3, -0.25) is 9.59 Å². The molecular formula is C10H9BrO3. The summed E-state index contributed by atoms with van der Waals surface area (Å²) in [5, 5.41) is 0.695. The Bertz CT molecular complexity index is 336. The van der Waals surface area contributed by atoms with Gasteiger partial charge in [-0.25, -0.2) is 0 Å². The molecule has 0 aliphatic rings. The fourth-order valence-electron chi connectivity index (χ4n) is 1.01. The molecule has 0 fully saturated rings. The second kappa shape index (κ2) is 5.54. The van der Waals surface area contributed by atoms with Crippen molar-refractivity contribution in [2.45, 2.75) is 0 Å². The van der Waals surface area contributed by atoms with Crippen molar-refractivity contribution in [2.75, 3.05) is 11.9 Å². The highest BCUT2D eigenvalue weighted by Crippen LogP contribution is 2.17. The molecule has 0 radical (unpaired) electrons. The molecule has 3 nitrogen and oxygen atoms in total. The highest BCUT2D eigenvalue weighted by Gasteiger charge is 2.03. The van der Waals surface area contributed by atoms with Crippen molar-refractivity contribution in [3.63, 3.8) is 0 Å². The Morgan fingerprint density at radius 3 is 2.64 bits per heavy atom. The predicted octanol–water partition coefficient (Wildman–Crippen LogP) is 2.09. The molecule has 14 heavy (non-hydrogen) atoms. The van der Waals surface area contributed by atoms with Crippen LogP contribution in [0.4, 0.5) is 0 Å². The zero-order chi connectivity index (χ0) is 10.4. The van der Waals surface area contributed by atoms with E-state index in [9.17, 15) is 9.59 Å². The number of rotatable bonds is 5. The monoisotopic (exact) mass is 256 g/mol. The molecule has 0 saturated carbocycles. The normalized spacial score (nSPS) is 9.50. The first-order chi connectivity index (χ1) is 6.81. The lowest BCUT2D eigenvalue weighted by Gasteiger charge is -2.06. The largest absolute Gasteiger partial charge is 0.492 e. The number of ether oxygens (including phenoxy) is 1. The summed E-state index contributed by atoms with van der Waals surface area (Å²) < 4.78 is 5.28. The van der Waals surface area contributed by atoms with Gasteiger partial charge in [-0.15, -0.1) is 0 Å². The van der Waals surface area contributed by atoms with Crippen LogP contribution in [-0.4, -0.2) is 24.5 Å². The van der Waals surface area contributed by atoms with Crippen molar-refractivity contribution in [1.82, 2.24) is 0 Å². The number of halogens is 1. The van der Waals surface area contributed by atoms with Gasteiger partial charge in [0.15, 0.2) is 6.29 Å². The summed E-state index contributed by atoms with van der Waals surface area (Å²) in [5.74, 6) is 0.505. The van der Waals surface area contributed by atoms with E-state index in [0.29, 0.717) is 41.4 Å². The number of hydrogen-bond acceptors (Lipinski definition) is 3. The van der Waals surface area contributed by atoms with Crippen LogP contribution in [0.1, 0.15) is 20.7 Å². The predicted molar refractivity (Wildman–Crippen MR) is 56.5 cm³/mol. The third-order valence-corrected chi connectivity index (χ3v) is 1.96. The molecule has 1 rings (SSSR count). The van der Waals surface area contributed by atoms with E-state index < -0.39 is 0 Å². The third kappa shape index (κ3) is 2.67. The van der Waals surface area contributed by atoms with Crippen LogP contribution in [0.25, 0.3) is 0 Å². The number of benzene rings is 1. The van der Waals surface area contributed by atoms with Gasteiger partial charge in [0.2, 0.25) is 0 Å². The lowest BCUT2D eigenvalue weighted by atomic mass is 10.1. The molecule has 0 saturated heterocycles. The standard InChI is InChI=1S/C10H9BrO3/c11-3-4-14-10-2-1-8(6-12)5-9(10)7-13/h1-2,5-7H,3-4H2. The van der Waals surface area contributed by atoms with E-state index in [2.05, 4.69) is 15.9 Å². The molecule has 0 aromatic heterocycles. The van der Waals surface area contributed by atoms with E-state index in [1.807, 2.05) is 0 Å². The molecule has 0 unspecified atom stereocenters. The average molecular weight is 257 g/mol. The smallest absolute Gasteiger partial charge is 0.153 e. The second-order valence-corrected chi connectivity index (χ2v) is 3.36. The van der Waals surface area contributed by atoms with E-state index in [1.54, 1.807) is 12.1 Å². The number of alkyl halides is 1. The Morgan fingerprint density at radius 2 is 2.07 bits per heavy atom. The molecule has 1 aromatic carbocycles. The molecule has 1 aromatic rings. The molecule has 0 heterocycles. The summed E-state index contributed by atoms with van der Waals surface area (Å²) in [6.07, 6.45) is 1.37. The van der Waals surface area contributed by atoms with Crippen LogP contribution in [-0.2, 0) is 0 Å². The molecule has 0 aliphatic carbocycles. The first kappa shape index (κ1) is 10.9. The summed E-state index contributed by atoms with van der Waals surface area (Å²) in [6, 6.07) is 4.74. The number of hydrogen-bond donors (Lipinski definition) is 0. The zero-order valence-corrected chi connectivity index (χ0v) is 8.99. The Hall–Kier alpha value is -1.16. The van der Waals surface area contributed by atoms with Gasteiger partial charge in [-0.1, -0.05) is 15.9 Å². The molecule has 0 aliphatic heterocycles. The Labute approximate surface area is 90.2 Å². The molecule has 0 spiro atoms. The van der Waals surface area contributed by atoms with Gasteiger partial charge in [0, 0.05) is 10.9 Å². The third-order valence-electron chi connectivity index (χ3n) is 1.63. The van der Waals surface area contributed by atoms with E-state index >= 15 is 0 Å². The van der Waals surface area contributed by atoms with Crippen molar-refractivity contribution in [2.24, 2.45) is 0 Å². The molecule has 0 bridgehead atoms. The van der Waals surface area contributed by atoms with Crippen LogP contribution in [0.2, 0.25) is 0 Å². The highest BCUT2D eigenvalue weighted by molar-refractivity contribution is 9.09. The highest BCUT2D eigenvalue weighted by atomic mass is 79.9. The average Bonchev–Trinajstić information content (AvgIpc) is 2.26. The van der Waals surface area contributed by atoms with Crippen LogP contribution >= 0.6 is 15.9 Å². The quantitative estimate of drug-likeness (QED) is 0.599. The minimum atomic E-state index is 0.399. The van der Waals surface area contributed by atoms with Gasteiger partial charge < -0.3 is 4.74 Å². The lowest BCUT2D eigenvalue weighted by molar-refractivity contribution is 0.111. The van der Waals surface area contributed by atoms with E-state index in [0.717, 1.165) is 0 Å². The maximum atomic E-state index is 10.7. The van der Waals surface area contributed by atoms with Crippen molar-refractivity contribution >= 4 is 28.5 Å². The van der Waals surface area contributed by atoms with Crippen molar-refractivity contribution in [3.05, 3.63) is 29.3 Å². The van der Waals surface area contributed by atoms with Gasteiger partial charge >= 0.3 is 0 Å². The van der Waals surface area contributed by atoms with Crippen LogP contribution in [0.3, 0.4) is 0 Å². The van der Waals surface area contributed by atoms with Gasteiger partial charge in [0.25, 0.3) is 0 Å². The Morgan fingerprint density at radius 1 is 1.29 bits per heavy atom. The lowest BCUT2D eigenvalue weighted by Crippen LogP contribution is -2.01. The topological polar surface area (TPSA) is 43.4 Å². The molecule has 0 amide bonds. The van der Waals surface area contributed by atoms with E-state index in [1.165, 1.54) is 6.07 Å². The first-order valence-electron chi connectivity index (χ1n) is 4.05. The molecule has 0 N–H and O–H groups in total. The van der Waals surface area contributed by atoms with Crippen LogP contribution in [0, 0.1) is 0 Å². The van der Waals surface area contributed by atoms with Gasteiger partial charge in [-0.2, -0.15) is 0 Å². The minimum absolute atomic E-state index is 0.399. The number of carbonyl (C=O) groups excluding carboxylic acids is 2. The number of aldehydes is 2. The molecule has 74 valence electrons. The van der Waals surface area contributed by atoms with E-state index in [4.69, 9.17) is 4.74 Å². The zero-order valence-electron chi connectivity index (χ0n) is 7.40. The van der Waals surface area contributed by atoms with E-state index in [-0.39, 0.29) is 0 Å². The van der Waals surface area contributed by atoms with Gasteiger partial charge in [-0.05, 0) is 18.2 Å². The minimum Gasteiger partial charge on any atom is -0.492 e. The summed E-state index contributed by atoms with van der Waals surface area (Å²) >= 11 is 3.21. The first-order valence-corrected chi connectivity index (χ1v) is 5.17. The Balaban J connectivity index is 2.92. The fraction of sp³-hybridized carbons (Fsp3) is 0.200. The van der Waals surface area contributed by atoms with Crippen molar-refractivity contribution in [1.29, 1.82) is 0 Å². The summed E-state index contributed by atoms with van der Waals surface area (Å²) in [6.45, 7) is 0.487.